The number of anilines is 1. The van der Waals surface area contributed by atoms with E-state index in [4.69, 9.17) is 4.74 Å². The minimum atomic E-state index is -3.75. The number of nitrogens with one attached hydrogen (secondary N) is 2. The third kappa shape index (κ3) is 6.71. The lowest BCUT2D eigenvalue weighted by Gasteiger charge is -2.20. The van der Waals surface area contributed by atoms with Gasteiger partial charge in [-0.1, -0.05) is 76.6 Å². The van der Waals surface area contributed by atoms with E-state index in [0.29, 0.717) is 11.4 Å². The lowest BCUT2D eigenvalue weighted by Crippen LogP contribution is -2.33. The van der Waals surface area contributed by atoms with Crippen molar-refractivity contribution >= 4 is 37.5 Å². The quantitative estimate of drug-likeness (QED) is 0.286. The molecule has 2 N–H and O–H groups in total. The van der Waals surface area contributed by atoms with Crippen molar-refractivity contribution in [2.45, 2.75) is 10.9 Å². The fourth-order valence-electron chi connectivity index (χ4n) is 3.45. The van der Waals surface area contributed by atoms with Gasteiger partial charge in [-0.2, -0.15) is 0 Å². The van der Waals surface area contributed by atoms with E-state index in [9.17, 15) is 13.2 Å². The molecule has 1 amide bonds. The van der Waals surface area contributed by atoms with Crippen molar-refractivity contribution in [3.8, 4) is 5.75 Å². The average Bonchev–Trinajstić information content (AvgIpc) is 2.88. The highest BCUT2D eigenvalue weighted by molar-refractivity contribution is 9.10. The monoisotopic (exact) mass is 550 g/mol. The molecule has 0 heterocycles. The molecule has 0 saturated heterocycles. The van der Waals surface area contributed by atoms with E-state index in [1.54, 1.807) is 24.3 Å². The maximum atomic E-state index is 12.7. The summed E-state index contributed by atoms with van der Waals surface area (Å²) in [6.45, 7) is -0.209. The zero-order chi connectivity index (χ0) is 24.7. The number of rotatable bonds is 9. The highest BCUT2D eigenvalue weighted by Gasteiger charge is 2.18. The van der Waals surface area contributed by atoms with Crippen LogP contribution in [0.5, 0.6) is 5.75 Å². The summed E-state index contributed by atoms with van der Waals surface area (Å²) in [5, 5.41) is 3.01. The van der Waals surface area contributed by atoms with Gasteiger partial charge in [-0.15, -0.1) is 0 Å². The Morgan fingerprint density at radius 3 is 1.86 bits per heavy atom. The minimum absolute atomic E-state index is 0.0884. The molecular weight excluding hydrogens is 528 g/mol. The van der Waals surface area contributed by atoms with Crippen LogP contribution in [0.15, 0.2) is 119 Å². The van der Waals surface area contributed by atoms with Gasteiger partial charge in [0.25, 0.3) is 15.9 Å². The van der Waals surface area contributed by atoms with Crippen LogP contribution in [-0.2, 0) is 14.8 Å². The van der Waals surface area contributed by atoms with E-state index < -0.39 is 10.0 Å². The smallest absolute Gasteiger partial charge is 0.261 e. The van der Waals surface area contributed by atoms with Gasteiger partial charge < -0.3 is 10.1 Å². The van der Waals surface area contributed by atoms with E-state index in [-0.39, 0.29) is 23.5 Å². The topological polar surface area (TPSA) is 84.5 Å². The molecule has 0 unspecified atom stereocenters. The molecule has 6 nitrogen and oxygen atoms in total. The first-order valence-electron chi connectivity index (χ1n) is 10.8. The van der Waals surface area contributed by atoms with Crippen molar-refractivity contribution < 1.29 is 17.9 Å². The van der Waals surface area contributed by atoms with Gasteiger partial charge in [0.05, 0.1) is 10.9 Å². The highest BCUT2D eigenvalue weighted by atomic mass is 79.9. The zero-order valence-electron chi connectivity index (χ0n) is 18.6. The summed E-state index contributed by atoms with van der Waals surface area (Å²) in [6, 6.07) is 31.8. The number of sulfonamides is 1. The zero-order valence-corrected chi connectivity index (χ0v) is 21.0. The summed E-state index contributed by atoms with van der Waals surface area (Å²) in [7, 11) is -3.75. The van der Waals surface area contributed by atoms with Crippen molar-refractivity contribution in [1.29, 1.82) is 0 Å². The molecule has 0 aliphatic carbocycles. The highest BCUT2D eigenvalue weighted by Crippen LogP contribution is 2.23. The van der Waals surface area contributed by atoms with Crippen molar-refractivity contribution in [3.63, 3.8) is 0 Å². The van der Waals surface area contributed by atoms with E-state index in [2.05, 4.69) is 26.0 Å². The Balaban J connectivity index is 1.38. The Labute approximate surface area is 213 Å². The molecule has 0 fully saturated rings. The number of halogens is 1. The fourth-order valence-corrected chi connectivity index (χ4v) is 4.77. The second kappa shape index (κ2) is 11.2. The molecule has 0 atom stereocenters. The van der Waals surface area contributed by atoms with E-state index in [1.165, 1.54) is 24.3 Å². The van der Waals surface area contributed by atoms with Crippen molar-refractivity contribution in [2.24, 2.45) is 0 Å². The molecule has 4 aromatic rings. The third-order valence-corrected chi connectivity index (χ3v) is 7.10. The summed E-state index contributed by atoms with van der Waals surface area (Å²) >= 11 is 3.32. The number of carbonyl (C=O) groups excluding carboxylic acids is 1. The lowest BCUT2D eigenvalue weighted by molar-refractivity contribution is -0.123. The Hall–Kier alpha value is -3.62. The molecule has 0 radical (unpaired) electrons. The molecule has 35 heavy (non-hydrogen) atoms. The maximum absolute atomic E-state index is 12.7. The van der Waals surface area contributed by atoms with Crippen LogP contribution in [0.4, 0.5) is 5.69 Å². The van der Waals surface area contributed by atoms with Crippen LogP contribution in [0, 0.1) is 0 Å². The molecule has 4 aromatic carbocycles. The predicted octanol–water partition coefficient (Wildman–Crippen LogP) is 5.53. The Bertz CT molecular complexity index is 1320. The minimum Gasteiger partial charge on any atom is -0.484 e. The second-order valence-corrected chi connectivity index (χ2v) is 10.3. The first kappa shape index (κ1) is 24.5. The standard InChI is InChI=1S/C27H23BrN2O4S/c28-22-11-13-23(14-12-22)30-35(32,33)25-17-15-24(16-18-25)34-19-26(31)29-27(20-7-3-1-4-8-20)21-9-5-2-6-10-21/h1-18,27,30H,19H2,(H,29,31). The number of hydrogen-bond acceptors (Lipinski definition) is 4. The molecule has 4 rings (SSSR count). The lowest BCUT2D eigenvalue weighted by atomic mass is 9.99. The van der Waals surface area contributed by atoms with Crippen LogP contribution >= 0.6 is 15.9 Å². The van der Waals surface area contributed by atoms with Gasteiger partial charge in [0, 0.05) is 10.2 Å². The van der Waals surface area contributed by atoms with Gasteiger partial charge >= 0.3 is 0 Å². The SMILES string of the molecule is O=C(COc1ccc(S(=O)(=O)Nc2ccc(Br)cc2)cc1)NC(c1ccccc1)c1ccccc1. The van der Waals surface area contributed by atoms with Crippen molar-refractivity contribution in [1.82, 2.24) is 5.32 Å². The first-order valence-corrected chi connectivity index (χ1v) is 13.1. The van der Waals surface area contributed by atoms with Crippen molar-refractivity contribution in [2.75, 3.05) is 11.3 Å². The first-order chi connectivity index (χ1) is 16.9. The number of carbonyl (C=O) groups is 1. The number of hydrogen-bond donors (Lipinski definition) is 2. The third-order valence-electron chi connectivity index (χ3n) is 5.17. The number of amides is 1. The summed E-state index contributed by atoms with van der Waals surface area (Å²) in [5.74, 6) is 0.0926. The van der Waals surface area contributed by atoms with Crippen LogP contribution in [0.25, 0.3) is 0 Å². The maximum Gasteiger partial charge on any atom is 0.261 e. The molecule has 8 heteroatoms. The van der Waals surface area contributed by atoms with Gasteiger partial charge in [-0.25, -0.2) is 8.42 Å². The molecule has 0 saturated carbocycles. The van der Waals surface area contributed by atoms with E-state index in [1.807, 2.05) is 60.7 Å². The van der Waals surface area contributed by atoms with Crippen LogP contribution in [-0.4, -0.2) is 20.9 Å². The molecular formula is C27H23BrN2O4S. The summed E-state index contributed by atoms with van der Waals surface area (Å²) in [4.78, 5) is 12.8. The summed E-state index contributed by atoms with van der Waals surface area (Å²) in [5.41, 5.74) is 2.37. The van der Waals surface area contributed by atoms with Crippen molar-refractivity contribution in [3.05, 3.63) is 125 Å². The van der Waals surface area contributed by atoms with Gasteiger partial charge in [-0.3, -0.25) is 9.52 Å². The van der Waals surface area contributed by atoms with Gasteiger partial charge in [-0.05, 0) is 59.7 Å². The van der Waals surface area contributed by atoms with Gasteiger partial charge in [0.1, 0.15) is 5.75 Å². The average molecular weight is 551 g/mol. The van der Waals surface area contributed by atoms with Crippen LogP contribution in [0.2, 0.25) is 0 Å². The Morgan fingerprint density at radius 1 is 0.771 bits per heavy atom. The Kier molecular flexibility index (Phi) is 7.84. The molecule has 0 spiro atoms. The van der Waals surface area contributed by atoms with Crippen LogP contribution in [0.1, 0.15) is 17.2 Å². The Morgan fingerprint density at radius 2 is 1.31 bits per heavy atom. The number of ether oxygens (including phenoxy) is 1. The molecule has 0 aliphatic rings. The van der Waals surface area contributed by atoms with Gasteiger partial charge in [0.2, 0.25) is 0 Å². The van der Waals surface area contributed by atoms with E-state index in [0.717, 1.165) is 15.6 Å². The van der Waals surface area contributed by atoms with Crippen LogP contribution < -0.4 is 14.8 Å². The van der Waals surface area contributed by atoms with E-state index >= 15 is 0 Å². The number of benzene rings is 4. The predicted molar refractivity (Wildman–Crippen MR) is 140 cm³/mol. The molecule has 178 valence electrons. The van der Waals surface area contributed by atoms with Crippen LogP contribution in [0.3, 0.4) is 0 Å². The van der Waals surface area contributed by atoms with Gasteiger partial charge in [0.15, 0.2) is 6.61 Å². The molecule has 0 aliphatic heterocycles. The fraction of sp³-hybridized carbons (Fsp3) is 0.0741. The molecule has 0 aromatic heterocycles. The molecule has 0 bridgehead atoms. The largest absolute Gasteiger partial charge is 0.484 e. The second-order valence-electron chi connectivity index (χ2n) is 7.69. The normalized spacial score (nSPS) is 11.1. The summed E-state index contributed by atoms with van der Waals surface area (Å²) in [6.07, 6.45) is 0. The summed E-state index contributed by atoms with van der Waals surface area (Å²) < 4.78 is 34.2.